The van der Waals surface area contributed by atoms with Gasteiger partial charge in [-0.05, 0) is 25.8 Å². The Balaban J connectivity index is 1.52. The molecule has 0 spiro atoms. The predicted molar refractivity (Wildman–Crippen MR) is 93.4 cm³/mol. The number of nitrogens with one attached hydrogen (secondary N) is 2. The highest BCUT2D eigenvalue weighted by molar-refractivity contribution is 7.89. The van der Waals surface area contributed by atoms with Crippen molar-refractivity contribution in [3.05, 3.63) is 12.3 Å². The maximum Gasteiger partial charge on any atom is 0.260 e. The van der Waals surface area contributed by atoms with Gasteiger partial charge in [0.15, 0.2) is 5.03 Å². The molecule has 9 heteroatoms. The van der Waals surface area contributed by atoms with Crippen LogP contribution >= 0.6 is 0 Å². The second-order valence-electron chi connectivity index (χ2n) is 6.88. The molecule has 1 saturated heterocycles. The molecule has 140 valence electrons. The number of rotatable bonds is 5. The van der Waals surface area contributed by atoms with E-state index in [4.69, 9.17) is 0 Å². The Labute approximate surface area is 149 Å². The van der Waals surface area contributed by atoms with Gasteiger partial charge >= 0.3 is 0 Å². The van der Waals surface area contributed by atoms with Crippen LogP contribution in [0.1, 0.15) is 39.0 Å². The van der Waals surface area contributed by atoms with E-state index >= 15 is 0 Å². The number of H-pyrrole nitrogens is 1. The van der Waals surface area contributed by atoms with Gasteiger partial charge in [-0.1, -0.05) is 19.3 Å². The smallest absolute Gasteiger partial charge is 0.260 e. The summed E-state index contributed by atoms with van der Waals surface area (Å²) in [6.07, 6.45) is 7.19. The molecule has 1 amide bonds. The molecule has 1 aliphatic carbocycles. The first kappa shape index (κ1) is 18.3. The van der Waals surface area contributed by atoms with Gasteiger partial charge in [-0.2, -0.15) is 9.40 Å². The predicted octanol–water partition coefficient (Wildman–Crippen LogP) is 0.553. The lowest BCUT2D eigenvalue weighted by Crippen LogP contribution is -2.55. The van der Waals surface area contributed by atoms with E-state index in [1.165, 1.54) is 35.8 Å². The van der Waals surface area contributed by atoms with E-state index in [0.717, 1.165) is 12.8 Å². The molecule has 1 saturated carbocycles. The summed E-state index contributed by atoms with van der Waals surface area (Å²) in [4.78, 5) is 14.5. The number of aromatic amines is 1. The Morgan fingerprint density at radius 1 is 1.24 bits per heavy atom. The third-order valence-corrected chi connectivity index (χ3v) is 7.07. The van der Waals surface area contributed by atoms with Crippen molar-refractivity contribution >= 4 is 15.9 Å². The number of amides is 1. The zero-order valence-electron chi connectivity index (χ0n) is 14.6. The van der Waals surface area contributed by atoms with Crippen LogP contribution in [0.3, 0.4) is 0 Å². The van der Waals surface area contributed by atoms with Gasteiger partial charge in [0.2, 0.25) is 5.91 Å². The molecule has 1 aromatic heterocycles. The summed E-state index contributed by atoms with van der Waals surface area (Å²) in [6, 6.07) is 1.52. The maximum absolute atomic E-state index is 12.5. The second kappa shape index (κ2) is 7.84. The van der Waals surface area contributed by atoms with Crippen molar-refractivity contribution in [2.75, 3.05) is 26.2 Å². The number of hydrogen-bond acceptors (Lipinski definition) is 5. The molecule has 1 aromatic rings. The van der Waals surface area contributed by atoms with Gasteiger partial charge in [0.05, 0.1) is 12.2 Å². The topological polar surface area (TPSA) is 98.4 Å². The molecule has 1 atom stereocenters. The maximum atomic E-state index is 12.5. The number of sulfonamides is 1. The number of hydrogen-bond donors (Lipinski definition) is 2. The van der Waals surface area contributed by atoms with E-state index in [-0.39, 0.29) is 17.0 Å². The number of aromatic nitrogens is 2. The normalized spacial score (nSPS) is 22.6. The van der Waals surface area contributed by atoms with Crippen molar-refractivity contribution in [2.24, 2.45) is 0 Å². The standard InChI is InChI=1S/C16H27N5O3S/c1-13(16(22)18-14-5-3-2-4-6-14)20-9-11-21(12-10-20)25(23,24)15-7-8-17-19-15/h7-8,13-14H,2-6,9-12H2,1H3,(H,17,19)(H,18,22)/t13-/m0/s1. The Morgan fingerprint density at radius 3 is 2.52 bits per heavy atom. The Kier molecular flexibility index (Phi) is 5.75. The van der Waals surface area contributed by atoms with Crippen LogP contribution in [-0.2, 0) is 14.8 Å². The quantitative estimate of drug-likeness (QED) is 0.790. The van der Waals surface area contributed by atoms with E-state index in [0.29, 0.717) is 32.2 Å². The molecule has 0 aromatic carbocycles. The first-order valence-corrected chi connectivity index (χ1v) is 10.5. The van der Waals surface area contributed by atoms with Crippen LogP contribution < -0.4 is 5.32 Å². The van der Waals surface area contributed by atoms with Gasteiger partial charge in [0.25, 0.3) is 10.0 Å². The van der Waals surface area contributed by atoms with E-state index in [2.05, 4.69) is 20.4 Å². The van der Waals surface area contributed by atoms with Gasteiger partial charge in [-0.25, -0.2) is 8.42 Å². The summed E-state index contributed by atoms with van der Waals surface area (Å²) in [5, 5.41) is 9.49. The molecule has 2 N–H and O–H groups in total. The highest BCUT2D eigenvalue weighted by Gasteiger charge is 2.32. The van der Waals surface area contributed by atoms with Gasteiger partial charge in [0, 0.05) is 32.2 Å². The van der Waals surface area contributed by atoms with Crippen LogP contribution in [0.4, 0.5) is 0 Å². The molecule has 1 aliphatic heterocycles. The van der Waals surface area contributed by atoms with Crippen molar-refractivity contribution in [3.63, 3.8) is 0 Å². The van der Waals surface area contributed by atoms with E-state index in [9.17, 15) is 13.2 Å². The molecule has 2 aliphatic rings. The Morgan fingerprint density at radius 2 is 1.92 bits per heavy atom. The van der Waals surface area contributed by atoms with Crippen LogP contribution in [0.25, 0.3) is 0 Å². The van der Waals surface area contributed by atoms with Gasteiger partial charge < -0.3 is 5.32 Å². The minimum absolute atomic E-state index is 0.0526. The van der Waals surface area contributed by atoms with Crippen molar-refractivity contribution < 1.29 is 13.2 Å². The molecule has 2 heterocycles. The lowest BCUT2D eigenvalue weighted by molar-refractivity contribution is -0.127. The first-order chi connectivity index (χ1) is 12.0. The lowest BCUT2D eigenvalue weighted by Gasteiger charge is -2.37. The summed E-state index contributed by atoms with van der Waals surface area (Å²) < 4.78 is 26.4. The molecular weight excluding hydrogens is 342 g/mol. The highest BCUT2D eigenvalue weighted by Crippen LogP contribution is 2.19. The lowest BCUT2D eigenvalue weighted by atomic mass is 9.95. The highest BCUT2D eigenvalue weighted by atomic mass is 32.2. The minimum atomic E-state index is -3.52. The fraction of sp³-hybridized carbons (Fsp3) is 0.750. The summed E-state index contributed by atoms with van der Waals surface area (Å²) in [5.41, 5.74) is 0. The van der Waals surface area contributed by atoms with Gasteiger partial charge in [0.1, 0.15) is 0 Å². The molecule has 8 nitrogen and oxygen atoms in total. The summed E-state index contributed by atoms with van der Waals surface area (Å²) >= 11 is 0. The molecule has 2 fully saturated rings. The van der Waals surface area contributed by atoms with Crippen LogP contribution in [-0.4, -0.2) is 72.0 Å². The van der Waals surface area contributed by atoms with Crippen LogP contribution in [0.15, 0.2) is 17.3 Å². The van der Waals surface area contributed by atoms with Crippen molar-refractivity contribution in [2.45, 2.75) is 56.1 Å². The molecule has 25 heavy (non-hydrogen) atoms. The largest absolute Gasteiger partial charge is 0.352 e. The first-order valence-electron chi connectivity index (χ1n) is 9.02. The zero-order valence-corrected chi connectivity index (χ0v) is 15.5. The molecule has 3 rings (SSSR count). The monoisotopic (exact) mass is 369 g/mol. The van der Waals surface area contributed by atoms with Crippen LogP contribution in [0.2, 0.25) is 0 Å². The Hall–Kier alpha value is -1.45. The van der Waals surface area contributed by atoms with Crippen LogP contribution in [0.5, 0.6) is 0 Å². The summed E-state index contributed by atoms with van der Waals surface area (Å²) in [5.74, 6) is 0.0526. The number of carbonyl (C=O) groups is 1. The summed E-state index contributed by atoms with van der Waals surface area (Å²) in [6.45, 7) is 3.75. The Bertz CT molecular complexity index is 662. The average Bonchev–Trinajstić information content (AvgIpc) is 3.17. The molecule has 0 radical (unpaired) electrons. The molecule has 0 bridgehead atoms. The molecule has 0 unspecified atom stereocenters. The summed E-state index contributed by atoms with van der Waals surface area (Å²) in [7, 11) is -3.52. The average molecular weight is 369 g/mol. The van der Waals surface area contributed by atoms with Gasteiger partial charge in [-0.3, -0.25) is 14.8 Å². The van der Waals surface area contributed by atoms with Crippen LogP contribution in [0, 0.1) is 0 Å². The van der Waals surface area contributed by atoms with Crippen molar-refractivity contribution in [1.29, 1.82) is 0 Å². The van der Waals surface area contributed by atoms with E-state index in [1.54, 1.807) is 0 Å². The van der Waals surface area contributed by atoms with Gasteiger partial charge in [-0.15, -0.1) is 0 Å². The van der Waals surface area contributed by atoms with E-state index < -0.39 is 10.0 Å². The third-order valence-electron chi connectivity index (χ3n) is 5.24. The number of piperazine rings is 1. The number of nitrogens with zero attached hydrogens (tertiary/aromatic N) is 3. The fourth-order valence-corrected chi connectivity index (χ4v) is 4.91. The fourth-order valence-electron chi connectivity index (χ4n) is 3.59. The van der Waals surface area contributed by atoms with Crippen molar-refractivity contribution in [3.8, 4) is 0 Å². The zero-order chi connectivity index (χ0) is 17.9. The minimum Gasteiger partial charge on any atom is -0.352 e. The SMILES string of the molecule is C[C@@H](C(=O)NC1CCCCC1)N1CCN(S(=O)(=O)c2ccn[nH]2)CC1. The third kappa shape index (κ3) is 4.21. The number of carbonyl (C=O) groups excluding carboxylic acids is 1. The van der Waals surface area contributed by atoms with Crippen molar-refractivity contribution in [1.82, 2.24) is 24.7 Å². The molecular formula is C16H27N5O3S. The second-order valence-corrected chi connectivity index (χ2v) is 8.79. The van der Waals surface area contributed by atoms with E-state index in [1.807, 2.05) is 6.92 Å².